The highest BCUT2D eigenvalue weighted by molar-refractivity contribution is 6.22. The van der Waals surface area contributed by atoms with Gasteiger partial charge in [-0.05, 0) is 18.3 Å². The van der Waals surface area contributed by atoms with Gasteiger partial charge in [0, 0.05) is 12.8 Å². The van der Waals surface area contributed by atoms with Crippen LogP contribution in [0.4, 0.5) is 0 Å². The molecule has 0 rings (SSSR count). The molecule has 4 heteroatoms. The van der Waals surface area contributed by atoms with E-state index in [-0.39, 0.29) is 24.4 Å². The van der Waals surface area contributed by atoms with Crippen molar-refractivity contribution in [3.8, 4) is 0 Å². The van der Waals surface area contributed by atoms with E-state index in [1.165, 1.54) is 103 Å². The molecule has 0 saturated carbocycles. The predicted molar refractivity (Wildman–Crippen MR) is 162 cm³/mol. The van der Waals surface area contributed by atoms with Crippen molar-refractivity contribution in [1.82, 2.24) is 0 Å². The molecule has 0 aliphatic carbocycles. The van der Waals surface area contributed by atoms with Crippen LogP contribution in [-0.4, -0.2) is 22.6 Å². The number of Topliss-reactive ketones (excluding diaryl/α,β-unsaturated/α-hetero) is 2. The zero-order valence-corrected chi connectivity index (χ0v) is 26.1. The summed E-state index contributed by atoms with van der Waals surface area (Å²) in [4.78, 5) is 39.2. The number of unbranched alkanes of at least 4 members (excludes halogenated alkanes) is 20. The van der Waals surface area contributed by atoms with E-state index in [0.717, 1.165) is 25.7 Å². The first-order valence-electron chi connectivity index (χ1n) is 16.5. The Labute approximate surface area is 236 Å². The third-order valence-corrected chi connectivity index (χ3v) is 8.30. The molecule has 0 aliphatic rings. The van der Waals surface area contributed by atoms with Gasteiger partial charge in [-0.3, -0.25) is 14.4 Å². The van der Waals surface area contributed by atoms with E-state index in [9.17, 15) is 19.5 Å². The first-order chi connectivity index (χ1) is 18.2. The number of hydrogen-bond acceptors (Lipinski definition) is 3. The zero-order chi connectivity index (χ0) is 28.7. The Morgan fingerprint density at radius 2 is 0.684 bits per heavy atom. The average Bonchev–Trinajstić information content (AvgIpc) is 2.85. The molecule has 1 N–H and O–H groups in total. The maximum absolute atomic E-state index is 13.4. The molecule has 0 aromatic rings. The van der Waals surface area contributed by atoms with Crippen molar-refractivity contribution < 1.29 is 19.5 Å². The Kier molecular flexibility index (Phi) is 21.9. The highest BCUT2D eigenvalue weighted by Crippen LogP contribution is 2.43. The maximum Gasteiger partial charge on any atom is 0.325 e. The van der Waals surface area contributed by atoms with Gasteiger partial charge in [0.05, 0.1) is 0 Å². The third kappa shape index (κ3) is 14.8. The quantitative estimate of drug-likeness (QED) is 0.0837. The SMILES string of the molecule is CCCCCCCCCCCCCC(=O)C(C(=O)O)(C(=O)CCCCCCCCCCCCC)C(C)(C)C. The first kappa shape index (κ1) is 36.8. The summed E-state index contributed by atoms with van der Waals surface area (Å²) in [7, 11) is 0. The minimum atomic E-state index is -1.93. The third-order valence-electron chi connectivity index (χ3n) is 8.30. The number of ketones is 2. The number of hydrogen-bond donors (Lipinski definition) is 1. The van der Waals surface area contributed by atoms with Gasteiger partial charge in [0.25, 0.3) is 0 Å². The molecule has 0 bridgehead atoms. The van der Waals surface area contributed by atoms with E-state index in [4.69, 9.17) is 0 Å². The summed E-state index contributed by atoms with van der Waals surface area (Å²) in [5, 5.41) is 10.2. The van der Waals surface area contributed by atoms with Crippen LogP contribution in [0.5, 0.6) is 0 Å². The highest BCUT2D eigenvalue weighted by Gasteiger charge is 2.59. The lowest BCUT2D eigenvalue weighted by molar-refractivity contribution is -0.168. The van der Waals surface area contributed by atoms with Gasteiger partial charge in [0.15, 0.2) is 17.0 Å². The smallest absolute Gasteiger partial charge is 0.325 e. The van der Waals surface area contributed by atoms with Gasteiger partial charge >= 0.3 is 5.97 Å². The van der Waals surface area contributed by atoms with Crippen LogP contribution in [0.2, 0.25) is 0 Å². The molecule has 0 unspecified atom stereocenters. The minimum Gasteiger partial charge on any atom is -0.480 e. The molecule has 0 aromatic heterocycles. The lowest BCUT2D eigenvalue weighted by Gasteiger charge is -2.38. The van der Waals surface area contributed by atoms with Crippen LogP contribution in [0, 0.1) is 10.8 Å². The number of aliphatic carboxylic acids is 1. The standard InChI is InChI=1S/C34H64O4/c1-6-8-10-12-14-16-18-20-22-24-26-28-30(35)34(32(37)38,33(3,4)5)31(36)29-27-25-23-21-19-17-15-13-11-9-7-2/h6-29H2,1-5H3,(H,37,38). The summed E-state index contributed by atoms with van der Waals surface area (Å²) in [5.41, 5.74) is -2.87. The zero-order valence-electron chi connectivity index (χ0n) is 26.1. The molecule has 38 heavy (non-hydrogen) atoms. The molecule has 0 spiro atoms. The predicted octanol–water partition coefficient (Wildman–Crippen LogP) is 10.6. The van der Waals surface area contributed by atoms with Crippen molar-refractivity contribution in [2.45, 2.75) is 189 Å². The van der Waals surface area contributed by atoms with Crippen LogP contribution < -0.4 is 0 Å². The lowest BCUT2D eigenvalue weighted by atomic mass is 9.60. The average molecular weight is 537 g/mol. The molecule has 0 fully saturated rings. The molecule has 4 nitrogen and oxygen atoms in total. The fourth-order valence-corrected chi connectivity index (χ4v) is 5.83. The van der Waals surface area contributed by atoms with E-state index in [1.807, 2.05) is 0 Å². The Hall–Kier alpha value is -1.19. The van der Waals surface area contributed by atoms with Crippen molar-refractivity contribution >= 4 is 17.5 Å². The fraction of sp³-hybridized carbons (Fsp3) is 0.912. The molecule has 0 saturated heterocycles. The molecule has 0 atom stereocenters. The van der Waals surface area contributed by atoms with Gasteiger partial charge in [-0.15, -0.1) is 0 Å². The molecule has 0 radical (unpaired) electrons. The van der Waals surface area contributed by atoms with E-state index < -0.39 is 16.8 Å². The second-order valence-electron chi connectivity index (χ2n) is 12.7. The van der Waals surface area contributed by atoms with E-state index in [1.54, 1.807) is 20.8 Å². The Bertz CT molecular complexity index is 578. The van der Waals surface area contributed by atoms with E-state index in [0.29, 0.717) is 12.8 Å². The van der Waals surface area contributed by atoms with E-state index in [2.05, 4.69) is 13.8 Å². The monoisotopic (exact) mass is 536 g/mol. The lowest BCUT2D eigenvalue weighted by Crippen LogP contribution is -2.55. The van der Waals surface area contributed by atoms with Crippen LogP contribution in [0.25, 0.3) is 0 Å². The summed E-state index contributed by atoms with van der Waals surface area (Å²) in [6.45, 7) is 9.68. The second-order valence-corrected chi connectivity index (χ2v) is 12.7. The summed E-state index contributed by atoms with van der Waals surface area (Å²) >= 11 is 0. The first-order valence-corrected chi connectivity index (χ1v) is 16.5. The molecular formula is C34H64O4. The van der Waals surface area contributed by atoms with Crippen molar-refractivity contribution in [3.05, 3.63) is 0 Å². The number of carboxylic acid groups (broad SMARTS) is 1. The molecule has 224 valence electrons. The summed E-state index contributed by atoms with van der Waals surface area (Å²) in [6.07, 6.45) is 26.3. The van der Waals surface area contributed by atoms with Crippen molar-refractivity contribution in [2.75, 3.05) is 0 Å². The van der Waals surface area contributed by atoms with E-state index >= 15 is 0 Å². The van der Waals surface area contributed by atoms with Gasteiger partial charge in [-0.2, -0.15) is 0 Å². The topological polar surface area (TPSA) is 71.4 Å². The van der Waals surface area contributed by atoms with Crippen molar-refractivity contribution in [1.29, 1.82) is 0 Å². The Balaban J connectivity index is 4.46. The van der Waals surface area contributed by atoms with Crippen LogP contribution >= 0.6 is 0 Å². The molecule has 0 heterocycles. The fourth-order valence-electron chi connectivity index (χ4n) is 5.83. The van der Waals surface area contributed by atoms with Gasteiger partial charge < -0.3 is 5.11 Å². The second kappa shape index (κ2) is 22.6. The summed E-state index contributed by atoms with van der Waals surface area (Å²) in [6, 6.07) is 0. The van der Waals surface area contributed by atoms with Gasteiger partial charge in [-0.1, -0.05) is 163 Å². The van der Waals surface area contributed by atoms with Crippen LogP contribution in [0.3, 0.4) is 0 Å². The van der Waals surface area contributed by atoms with Crippen molar-refractivity contribution in [2.24, 2.45) is 10.8 Å². The highest BCUT2D eigenvalue weighted by atomic mass is 16.4. The molecule has 0 aliphatic heterocycles. The maximum atomic E-state index is 13.4. The molecular weight excluding hydrogens is 472 g/mol. The van der Waals surface area contributed by atoms with Gasteiger partial charge in [-0.25, -0.2) is 0 Å². The Morgan fingerprint density at radius 3 is 0.895 bits per heavy atom. The van der Waals surface area contributed by atoms with Gasteiger partial charge in [0.2, 0.25) is 0 Å². The number of carbonyl (C=O) groups excluding carboxylic acids is 2. The Morgan fingerprint density at radius 1 is 0.447 bits per heavy atom. The number of rotatable bonds is 27. The van der Waals surface area contributed by atoms with Crippen LogP contribution in [-0.2, 0) is 14.4 Å². The van der Waals surface area contributed by atoms with Gasteiger partial charge in [0.1, 0.15) is 0 Å². The largest absolute Gasteiger partial charge is 0.480 e. The number of carbonyl (C=O) groups is 3. The molecule has 0 amide bonds. The molecule has 0 aromatic carbocycles. The number of carboxylic acids is 1. The van der Waals surface area contributed by atoms with Crippen molar-refractivity contribution in [3.63, 3.8) is 0 Å². The normalized spacial score (nSPS) is 12.1. The van der Waals surface area contributed by atoms with Crippen LogP contribution in [0.1, 0.15) is 189 Å². The minimum absolute atomic E-state index is 0.185. The van der Waals surface area contributed by atoms with Crippen LogP contribution in [0.15, 0.2) is 0 Å². The summed E-state index contributed by atoms with van der Waals surface area (Å²) < 4.78 is 0. The summed E-state index contributed by atoms with van der Waals surface area (Å²) in [5.74, 6) is -2.03.